The van der Waals surface area contributed by atoms with Gasteiger partial charge in [-0.05, 0) is 25.5 Å². The normalized spacial score (nSPS) is 13.2. The summed E-state index contributed by atoms with van der Waals surface area (Å²) in [6.07, 6.45) is 6.05. The van der Waals surface area contributed by atoms with E-state index >= 15 is 0 Å². The van der Waals surface area contributed by atoms with Crippen LogP contribution in [0.4, 0.5) is 5.13 Å². The lowest BCUT2D eigenvalue weighted by Gasteiger charge is -2.12. The zero-order chi connectivity index (χ0) is 14.8. The number of aryl methyl sites for hydroxylation is 1. The van der Waals surface area contributed by atoms with E-state index in [2.05, 4.69) is 15.3 Å². The van der Waals surface area contributed by atoms with E-state index in [1.54, 1.807) is 11.6 Å². The Labute approximate surface area is 129 Å². The van der Waals surface area contributed by atoms with Crippen molar-refractivity contribution in [3.63, 3.8) is 0 Å². The Morgan fingerprint density at radius 2 is 2.38 bits per heavy atom. The van der Waals surface area contributed by atoms with E-state index in [0.717, 1.165) is 30.5 Å². The highest BCUT2D eigenvalue weighted by Crippen LogP contribution is 2.20. The summed E-state index contributed by atoms with van der Waals surface area (Å²) in [7, 11) is 0. The molecule has 8 heteroatoms. The number of thiazole rings is 1. The van der Waals surface area contributed by atoms with E-state index < -0.39 is 0 Å². The molecule has 2 aromatic heterocycles. The number of carbonyl (C=O) groups is 1. The molecular weight excluding hydrogens is 308 g/mol. The molecule has 2 heterocycles. The lowest BCUT2D eigenvalue weighted by atomic mass is 10.2. The van der Waals surface area contributed by atoms with Crippen molar-refractivity contribution >= 4 is 34.1 Å². The maximum atomic E-state index is 12.5. The van der Waals surface area contributed by atoms with E-state index in [4.69, 9.17) is 0 Å². The summed E-state index contributed by atoms with van der Waals surface area (Å²) in [5.74, 6) is -0.262. The van der Waals surface area contributed by atoms with Gasteiger partial charge in [0.05, 0.1) is 5.69 Å². The molecule has 1 N–H and O–H groups in total. The lowest BCUT2D eigenvalue weighted by molar-refractivity contribution is -0.116. The Hall–Kier alpha value is -1.67. The molecule has 1 amide bonds. The molecule has 21 heavy (non-hydrogen) atoms. The third-order valence-electron chi connectivity index (χ3n) is 3.32. The van der Waals surface area contributed by atoms with Gasteiger partial charge in [0.2, 0.25) is 5.91 Å². The highest BCUT2D eigenvalue weighted by molar-refractivity contribution is 7.98. The quantitative estimate of drug-likeness (QED) is 0.683. The van der Waals surface area contributed by atoms with Crippen LogP contribution in [0.3, 0.4) is 0 Å². The van der Waals surface area contributed by atoms with Gasteiger partial charge in [0.1, 0.15) is 6.54 Å². The molecule has 0 atom stereocenters. The van der Waals surface area contributed by atoms with Crippen molar-refractivity contribution in [2.45, 2.75) is 31.0 Å². The van der Waals surface area contributed by atoms with Gasteiger partial charge >= 0.3 is 0 Å². The van der Waals surface area contributed by atoms with Crippen LogP contribution in [0.5, 0.6) is 0 Å². The van der Waals surface area contributed by atoms with Gasteiger partial charge in [-0.25, -0.2) is 9.97 Å². The number of anilines is 1. The highest BCUT2D eigenvalue weighted by Gasteiger charge is 2.21. The van der Waals surface area contributed by atoms with Crippen LogP contribution in [-0.2, 0) is 24.2 Å². The predicted octanol–water partition coefficient (Wildman–Crippen LogP) is 1.55. The number of amides is 1. The molecule has 1 aliphatic rings. The summed E-state index contributed by atoms with van der Waals surface area (Å²) < 4.78 is 1.46. The topological polar surface area (TPSA) is 76.9 Å². The van der Waals surface area contributed by atoms with Crippen molar-refractivity contribution in [3.05, 3.63) is 33.2 Å². The molecule has 0 aromatic carbocycles. The molecule has 0 aliphatic heterocycles. The summed E-state index contributed by atoms with van der Waals surface area (Å²) in [6.45, 7) is -0.0329. The molecule has 2 aromatic rings. The van der Waals surface area contributed by atoms with Gasteiger partial charge in [-0.3, -0.25) is 14.2 Å². The van der Waals surface area contributed by atoms with Crippen LogP contribution in [0.1, 0.15) is 17.7 Å². The molecule has 1 aliphatic carbocycles. The van der Waals surface area contributed by atoms with Crippen LogP contribution in [0.15, 0.2) is 21.5 Å². The fourth-order valence-corrected chi connectivity index (χ4v) is 3.50. The minimum atomic E-state index is -0.262. The first-order valence-electron chi connectivity index (χ1n) is 6.55. The average molecular weight is 322 g/mol. The Morgan fingerprint density at radius 1 is 1.52 bits per heavy atom. The van der Waals surface area contributed by atoms with Crippen molar-refractivity contribution in [2.75, 3.05) is 11.6 Å². The number of fused-ring (bicyclic) bond motifs is 1. The monoisotopic (exact) mass is 322 g/mol. The minimum Gasteiger partial charge on any atom is -0.300 e. The third kappa shape index (κ3) is 2.86. The van der Waals surface area contributed by atoms with Gasteiger partial charge in [-0.15, -0.1) is 11.3 Å². The van der Waals surface area contributed by atoms with Crippen LogP contribution in [0.25, 0.3) is 0 Å². The first kappa shape index (κ1) is 14.3. The summed E-state index contributed by atoms with van der Waals surface area (Å²) in [6, 6.07) is 0. The van der Waals surface area contributed by atoms with Gasteiger partial charge in [0.15, 0.2) is 10.3 Å². The van der Waals surface area contributed by atoms with Crippen LogP contribution in [0.2, 0.25) is 0 Å². The maximum absolute atomic E-state index is 12.5. The van der Waals surface area contributed by atoms with Gasteiger partial charge in [-0.2, -0.15) is 0 Å². The second-order valence-corrected chi connectivity index (χ2v) is 6.32. The van der Waals surface area contributed by atoms with Crippen molar-refractivity contribution < 1.29 is 4.79 Å². The molecule has 0 saturated heterocycles. The van der Waals surface area contributed by atoms with Crippen LogP contribution in [0, 0.1) is 0 Å². The molecule has 3 rings (SSSR count). The maximum Gasteiger partial charge on any atom is 0.258 e. The molecule has 0 spiro atoms. The van der Waals surface area contributed by atoms with Crippen molar-refractivity contribution in [1.82, 2.24) is 14.5 Å². The third-order valence-corrected chi connectivity index (χ3v) is 4.68. The van der Waals surface area contributed by atoms with Gasteiger partial charge in [0, 0.05) is 17.1 Å². The number of rotatable bonds is 4. The molecule has 0 radical (unpaired) electrons. The molecule has 0 bridgehead atoms. The zero-order valence-corrected chi connectivity index (χ0v) is 13.1. The number of nitrogens with zero attached hydrogens (tertiary/aromatic N) is 3. The van der Waals surface area contributed by atoms with Crippen molar-refractivity contribution in [3.8, 4) is 0 Å². The Bertz CT molecular complexity index is 725. The van der Waals surface area contributed by atoms with Crippen molar-refractivity contribution in [2.24, 2.45) is 0 Å². The number of hydrogen-bond donors (Lipinski definition) is 1. The molecule has 0 fully saturated rings. The SMILES string of the molecule is CSc1nc2c(c(=O)n1CC(=O)Nc1nccs1)CCC2. The molecule has 0 unspecified atom stereocenters. The zero-order valence-electron chi connectivity index (χ0n) is 11.5. The standard InChI is InChI=1S/C13H14N4O2S2/c1-20-13-15-9-4-2-3-8(9)11(19)17(13)7-10(18)16-12-14-5-6-21-12/h5-6H,2-4,7H2,1H3,(H,14,16,18). The van der Waals surface area contributed by atoms with Crippen molar-refractivity contribution in [1.29, 1.82) is 0 Å². The second-order valence-electron chi connectivity index (χ2n) is 4.65. The largest absolute Gasteiger partial charge is 0.300 e. The van der Waals surface area contributed by atoms with Gasteiger partial charge in [-0.1, -0.05) is 11.8 Å². The molecular formula is C13H14N4O2S2. The first-order valence-corrected chi connectivity index (χ1v) is 8.65. The van der Waals surface area contributed by atoms with Crippen LogP contribution >= 0.6 is 23.1 Å². The Morgan fingerprint density at radius 3 is 3.10 bits per heavy atom. The number of carbonyl (C=O) groups excluding carboxylic acids is 1. The summed E-state index contributed by atoms with van der Waals surface area (Å²) in [5, 5.41) is 5.60. The Kier molecular flexibility index (Phi) is 4.07. The Balaban J connectivity index is 1.88. The van der Waals surface area contributed by atoms with Gasteiger partial charge in [0.25, 0.3) is 5.56 Å². The highest BCUT2D eigenvalue weighted by atomic mass is 32.2. The van der Waals surface area contributed by atoms with E-state index in [0.29, 0.717) is 10.3 Å². The summed E-state index contributed by atoms with van der Waals surface area (Å²) in [5.41, 5.74) is 1.56. The summed E-state index contributed by atoms with van der Waals surface area (Å²) in [4.78, 5) is 33.1. The minimum absolute atomic E-state index is 0.0329. The fourth-order valence-electron chi connectivity index (χ4n) is 2.39. The van der Waals surface area contributed by atoms with Crippen LogP contribution in [-0.4, -0.2) is 26.7 Å². The number of hydrogen-bond acceptors (Lipinski definition) is 6. The fraction of sp³-hybridized carbons (Fsp3) is 0.385. The van der Waals surface area contributed by atoms with Gasteiger partial charge < -0.3 is 5.32 Å². The second kappa shape index (κ2) is 5.98. The van der Waals surface area contributed by atoms with E-state index in [-0.39, 0.29) is 18.0 Å². The van der Waals surface area contributed by atoms with Crippen LogP contribution < -0.4 is 10.9 Å². The molecule has 110 valence electrons. The summed E-state index contributed by atoms with van der Waals surface area (Å²) >= 11 is 2.73. The average Bonchev–Trinajstić information content (AvgIpc) is 3.12. The lowest BCUT2D eigenvalue weighted by Crippen LogP contribution is -2.31. The number of thioether (sulfide) groups is 1. The van der Waals surface area contributed by atoms with E-state index in [1.165, 1.54) is 27.7 Å². The van der Waals surface area contributed by atoms with E-state index in [9.17, 15) is 9.59 Å². The molecule has 6 nitrogen and oxygen atoms in total. The van der Waals surface area contributed by atoms with E-state index in [1.807, 2.05) is 6.26 Å². The number of nitrogens with one attached hydrogen (secondary N) is 1. The molecule has 0 saturated carbocycles. The smallest absolute Gasteiger partial charge is 0.258 e. The predicted molar refractivity (Wildman–Crippen MR) is 83.0 cm³/mol. The first-order chi connectivity index (χ1) is 10.2. The number of aromatic nitrogens is 3.